The fraction of sp³-hybridized carbons (Fsp3) is 0.706. The predicted molar refractivity (Wildman–Crippen MR) is 90.6 cm³/mol. The fourth-order valence-electron chi connectivity index (χ4n) is 3.27. The standard InChI is InChI=1S/C17H28N4O2/c1-4-12-21-15(22)9-8-14(19-21)16(23)18-13-17(20(2)3)10-6-5-7-11-17/h8-9H,4-7,10-13H2,1-3H3,(H,18,23). The summed E-state index contributed by atoms with van der Waals surface area (Å²) >= 11 is 0. The first-order chi connectivity index (χ1) is 11.0. The number of carbonyl (C=O) groups excluding carboxylic acids is 1. The Morgan fingerprint density at radius 3 is 2.61 bits per heavy atom. The highest BCUT2D eigenvalue weighted by Gasteiger charge is 2.34. The van der Waals surface area contributed by atoms with Crippen LogP contribution in [0.1, 0.15) is 55.9 Å². The smallest absolute Gasteiger partial charge is 0.271 e. The molecule has 0 atom stereocenters. The molecule has 0 saturated heterocycles. The third-order valence-electron chi connectivity index (χ3n) is 4.85. The summed E-state index contributed by atoms with van der Waals surface area (Å²) in [6.07, 6.45) is 6.68. The van der Waals surface area contributed by atoms with Crippen molar-refractivity contribution in [1.82, 2.24) is 20.0 Å². The molecule has 1 amide bonds. The van der Waals surface area contributed by atoms with Gasteiger partial charge in [0.2, 0.25) is 0 Å². The average Bonchev–Trinajstić information content (AvgIpc) is 2.55. The van der Waals surface area contributed by atoms with Crippen molar-refractivity contribution >= 4 is 5.91 Å². The summed E-state index contributed by atoms with van der Waals surface area (Å²) < 4.78 is 1.36. The van der Waals surface area contributed by atoms with Crippen molar-refractivity contribution < 1.29 is 4.79 Å². The van der Waals surface area contributed by atoms with Crippen molar-refractivity contribution in [2.75, 3.05) is 20.6 Å². The highest BCUT2D eigenvalue weighted by molar-refractivity contribution is 5.92. The Labute approximate surface area is 137 Å². The molecule has 1 saturated carbocycles. The minimum atomic E-state index is -0.207. The van der Waals surface area contributed by atoms with E-state index in [1.54, 1.807) is 0 Å². The summed E-state index contributed by atoms with van der Waals surface area (Å²) in [5.41, 5.74) is 0.175. The number of aromatic nitrogens is 2. The Hall–Kier alpha value is -1.69. The number of hydrogen-bond acceptors (Lipinski definition) is 4. The first-order valence-electron chi connectivity index (χ1n) is 8.52. The van der Waals surface area contributed by atoms with E-state index in [4.69, 9.17) is 0 Å². The highest BCUT2D eigenvalue weighted by atomic mass is 16.2. The third-order valence-corrected chi connectivity index (χ3v) is 4.85. The lowest BCUT2D eigenvalue weighted by Crippen LogP contribution is -2.54. The normalized spacial score (nSPS) is 17.2. The fourth-order valence-corrected chi connectivity index (χ4v) is 3.27. The van der Waals surface area contributed by atoms with Crippen molar-refractivity contribution in [3.63, 3.8) is 0 Å². The molecule has 0 unspecified atom stereocenters. The number of carbonyl (C=O) groups is 1. The minimum Gasteiger partial charge on any atom is -0.349 e. The van der Waals surface area contributed by atoms with Crippen molar-refractivity contribution in [1.29, 1.82) is 0 Å². The number of nitrogens with zero attached hydrogens (tertiary/aromatic N) is 3. The predicted octanol–water partition coefficient (Wildman–Crippen LogP) is 1.65. The molecule has 2 rings (SSSR count). The van der Waals surface area contributed by atoms with Gasteiger partial charge in [-0.2, -0.15) is 5.10 Å². The second kappa shape index (κ2) is 7.73. The maximum absolute atomic E-state index is 12.4. The highest BCUT2D eigenvalue weighted by Crippen LogP contribution is 2.31. The molecule has 6 nitrogen and oxygen atoms in total. The molecule has 1 aliphatic carbocycles. The second-order valence-corrected chi connectivity index (χ2v) is 6.64. The summed E-state index contributed by atoms with van der Waals surface area (Å²) in [5, 5.41) is 7.19. The summed E-state index contributed by atoms with van der Waals surface area (Å²) in [6, 6.07) is 2.92. The Morgan fingerprint density at radius 1 is 1.30 bits per heavy atom. The van der Waals surface area contributed by atoms with Crippen LogP contribution in [-0.2, 0) is 6.54 Å². The largest absolute Gasteiger partial charge is 0.349 e. The molecule has 0 radical (unpaired) electrons. The maximum Gasteiger partial charge on any atom is 0.271 e. The molecular weight excluding hydrogens is 292 g/mol. The number of rotatable bonds is 6. The summed E-state index contributed by atoms with van der Waals surface area (Å²) in [6.45, 7) is 3.12. The van der Waals surface area contributed by atoms with Gasteiger partial charge in [0, 0.05) is 24.7 Å². The maximum atomic E-state index is 12.4. The van der Waals surface area contributed by atoms with E-state index in [1.165, 1.54) is 36.1 Å². The van der Waals surface area contributed by atoms with E-state index in [2.05, 4.69) is 29.4 Å². The lowest BCUT2D eigenvalue weighted by Gasteiger charge is -2.43. The molecule has 6 heteroatoms. The number of likely N-dealkylation sites (N-methyl/N-ethyl adjacent to an activating group) is 1. The zero-order valence-electron chi connectivity index (χ0n) is 14.5. The van der Waals surface area contributed by atoms with Crippen LogP contribution in [0.5, 0.6) is 0 Å². The monoisotopic (exact) mass is 320 g/mol. The Bertz CT molecular complexity index is 589. The van der Waals surface area contributed by atoms with E-state index in [1.807, 2.05) is 6.92 Å². The van der Waals surface area contributed by atoms with E-state index < -0.39 is 0 Å². The van der Waals surface area contributed by atoms with Crippen LogP contribution in [-0.4, -0.2) is 46.8 Å². The zero-order chi connectivity index (χ0) is 16.9. The Kier molecular flexibility index (Phi) is 5.93. The van der Waals surface area contributed by atoms with Crippen molar-refractivity contribution in [2.24, 2.45) is 0 Å². The molecule has 0 aliphatic heterocycles. The van der Waals surface area contributed by atoms with Crippen molar-refractivity contribution in [3.8, 4) is 0 Å². The SMILES string of the molecule is CCCn1nc(C(=O)NCC2(N(C)C)CCCCC2)ccc1=O. The van der Waals surface area contributed by atoms with E-state index in [-0.39, 0.29) is 17.0 Å². The molecule has 1 aromatic rings. The van der Waals surface area contributed by atoms with E-state index in [0.29, 0.717) is 18.8 Å². The van der Waals surface area contributed by atoms with Gasteiger partial charge in [0.15, 0.2) is 0 Å². The molecule has 1 aromatic heterocycles. The van der Waals surface area contributed by atoms with Crippen molar-refractivity contribution in [2.45, 2.75) is 57.5 Å². The lowest BCUT2D eigenvalue weighted by molar-refractivity contribution is 0.0794. The second-order valence-electron chi connectivity index (χ2n) is 6.64. The number of amides is 1. The van der Waals surface area contributed by atoms with Gasteiger partial charge >= 0.3 is 0 Å². The van der Waals surface area contributed by atoms with Gasteiger partial charge in [-0.3, -0.25) is 9.59 Å². The quantitative estimate of drug-likeness (QED) is 0.865. The number of nitrogens with one attached hydrogen (secondary N) is 1. The van der Waals surface area contributed by atoms with Crippen LogP contribution >= 0.6 is 0 Å². The van der Waals surface area contributed by atoms with Crippen LogP contribution in [0.15, 0.2) is 16.9 Å². The lowest BCUT2D eigenvalue weighted by atomic mass is 9.80. The van der Waals surface area contributed by atoms with E-state index in [9.17, 15) is 9.59 Å². The van der Waals surface area contributed by atoms with Gasteiger partial charge in [0.1, 0.15) is 5.69 Å². The molecule has 1 aliphatic rings. The van der Waals surface area contributed by atoms with Crippen LogP contribution in [0.4, 0.5) is 0 Å². The molecule has 0 aromatic carbocycles. The first kappa shape index (κ1) is 17.7. The topological polar surface area (TPSA) is 67.2 Å². The van der Waals surface area contributed by atoms with Crippen molar-refractivity contribution in [3.05, 3.63) is 28.2 Å². The molecule has 0 bridgehead atoms. The van der Waals surface area contributed by atoms with Gasteiger partial charge in [0.25, 0.3) is 11.5 Å². The molecule has 1 N–H and O–H groups in total. The van der Waals surface area contributed by atoms with Gasteiger partial charge in [0.05, 0.1) is 0 Å². The molecule has 128 valence electrons. The molecular formula is C17H28N4O2. The summed E-state index contributed by atoms with van der Waals surface area (Å²) in [7, 11) is 4.16. The molecule has 23 heavy (non-hydrogen) atoms. The van der Waals surface area contributed by atoms with Crippen LogP contribution in [0, 0.1) is 0 Å². The number of aryl methyl sites for hydroxylation is 1. The van der Waals surface area contributed by atoms with Crippen LogP contribution < -0.4 is 10.9 Å². The first-order valence-corrected chi connectivity index (χ1v) is 8.52. The number of hydrogen-bond donors (Lipinski definition) is 1. The van der Waals surface area contributed by atoms with Crippen LogP contribution in [0.3, 0.4) is 0 Å². The third kappa shape index (κ3) is 4.19. The summed E-state index contributed by atoms with van der Waals surface area (Å²) in [4.78, 5) is 26.3. The zero-order valence-corrected chi connectivity index (χ0v) is 14.5. The van der Waals surface area contributed by atoms with Gasteiger partial charge in [-0.25, -0.2) is 4.68 Å². The van der Waals surface area contributed by atoms with Gasteiger partial charge < -0.3 is 10.2 Å². The summed E-state index contributed by atoms with van der Waals surface area (Å²) in [5.74, 6) is -0.207. The minimum absolute atomic E-state index is 0.0335. The molecule has 0 spiro atoms. The molecule has 1 heterocycles. The molecule has 1 fully saturated rings. The van der Waals surface area contributed by atoms with Gasteiger partial charge in [-0.15, -0.1) is 0 Å². The Balaban J connectivity index is 2.06. The van der Waals surface area contributed by atoms with Gasteiger partial charge in [-0.05, 0) is 39.4 Å². The van der Waals surface area contributed by atoms with Crippen LogP contribution in [0.25, 0.3) is 0 Å². The van der Waals surface area contributed by atoms with E-state index >= 15 is 0 Å². The van der Waals surface area contributed by atoms with E-state index in [0.717, 1.165) is 19.3 Å². The average molecular weight is 320 g/mol. The van der Waals surface area contributed by atoms with Crippen LogP contribution in [0.2, 0.25) is 0 Å². The van der Waals surface area contributed by atoms with Gasteiger partial charge in [-0.1, -0.05) is 26.2 Å². The Morgan fingerprint density at radius 2 is 2.00 bits per heavy atom.